The summed E-state index contributed by atoms with van der Waals surface area (Å²) in [5.41, 5.74) is -0.128. The van der Waals surface area contributed by atoms with Crippen molar-refractivity contribution in [3.63, 3.8) is 0 Å². The molecule has 1 aromatic heterocycles. The van der Waals surface area contributed by atoms with Crippen LogP contribution in [0.1, 0.15) is 49.6 Å². The molecule has 0 fully saturated rings. The zero-order valence-corrected chi connectivity index (χ0v) is 17.3. The van der Waals surface area contributed by atoms with Gasteiger partial charge in [0.05, 0.1) is 30.0 Å². The fourth-order valence-electron chi connectivity index (χ4n) is 3.44. The van der Waals surface area contributed by atoms with Crippen LogP contribution >= 0.6 is 0 Å². The Morgan fingerprint density at radius 3 is 2.59 bits per heavy atom. The molecule has 1 aliphatic heterocycles. The van der Waals surface area contributed by atoms with Gasteiger partial charge in [-0.25, -0.2) is 0 Å². The first-order valence-corrected chi connectivity index (χ1v) is 10.8. The van der Waals surface area contributed by atoms with Gasteiger partial charge in [-0.1, -0.05) is 0 Å². The van der Waals surface area contributed by atoms with E-state index in [1.807, 2.05) is 6.07 Å². The van der Waals surface area contributed by atoms with Crippen LogP contribution in [0, 0.1) is 11.3 Å². The van der Waals surface area contributed by atoms with E-state index in [2.05, 4.69) is 0 Å². The molecular weight excluding hydrogens is 396 g/mol. The number of nitriles is 1. The number of hydrogen-bond donors (Lipinski definition) is 1. The van der Waals surface area contributed by atoms with Crippen LogP contribution in [0.2, 0.25) is 0 Å². The minimum Gasteiger partial charge on any atom is -0.485 e. The molecule has 1 unspecified atom stereocenters. The Balaban J connectivity index is 2.10. The van der Waals surface area contributed by atoms with Crippen molar-refractivity contribution in [1.29, 1.82) is 5.26 Å². The zero-order valence-electron chi connectivity index (χ0n) is 16.5. The smallest absolute Gasteiger partial charge is 0.264 e. The van der Waals surface area contributed by atoms with Gasteiger partial charge in [0.25, 0.3) is 15.7 Å². The van der Waals surface area contributed by atoms with E-state index in [1.165, 1.54) is 23.8 Å². The summed E-state index contributed by atoms with van der Waals surface area (Å²) in [5.74, 6) is 0.481. The molecule has 1 aromatic carbocycles. The highest BCUT2D eigenvalue weighted by molar-refractivity contribution is 7.86. The summed E-state index contributed by atoms with van der Waals surface area (Å²) in [4.78, 5) is 12.9. The molecule has 0 saturated carbocycles. The first kappa shape index (κ1) is 21.0. The molecule has 0 spiro atoms. The SMILES string of the molecule is CC(OS(C)(=O)=O)c1ccn([C@@H]2c3cc(C#N)ccc3OC(C)(C)[C@H]2O)c(=O)c1. The maximum atomic E-state index is 12.9. The van der Waals surface area contributed by atoms with E-state index in [-0.39, 0.29) is 0 Å². The molecule has 1 aliphatic rings. The quantitative estimate of drug-likeness (QED) is 0.753. The molecule has 0 bridgehead atoms. The summed E-state index contributed by atoms with van der Waals surface area (Å²) in [6.07, 6.45) is 0.519. The van der Waals surface area contributed by atoms with Gasteiger partial charge >= 0.3 is 0 Å². The third-order valence-electron chi connectivity index (χ3n) is 4.90. The number of benzene rings is 1. The summed E-state index contributed by atoms with van der Waals surface area (Å²) in [7, 11) is -3.68. The summed E-state index contributed by atoms with van der Waals surface area (Å²) >= 11 is 0. The largest absolute Gasteiger partial charge is 0.485 e. The third kappa shape index (κ3) is 4.19. The molecular formula is C20H22N2O6S. The maximum absolute atomic E-state index is 12.9. The Kier molecular flexibility index (Phi) is 5.30. The van der Waals surface area contributed by atoms with Crippen LogP contribution in [0.5, 0.6) is 5.75 Å². The predicted octanol–water partition coefficient (Wildman–Crippen LogP) is 1.88. The number of aromatic nitrogens is 1. The fraction of sp³-hybridized carbons (Fsp3) is 0.400. The van der Waals surface area contributed by atoms with Gasteiger partial charge in [0.15, 0.2) is 0 Å². The molecule has 3 atom stereocenters. The van der Waals surface area contributed by atoms with Gasteiger partial charge in [0, 0.05) is 17.8 Å². The summed E-state index contributed by atoms with van der Waals surface area (Å²) < 4.78 is 34.8. The highest BCUT2D eigenvalue weighted by Gasteiger charge is 2.44. The van der Waals surface area contributed by atoms with Crippen molar-refractivity contribution in [3.8, 4) is 11.8 Å². The fourth-order valence-corrected chi connectivity index (χ4v) is 4.08. The molecule has 2 aromatic rings. The second-order valence-corrected chi connectivity index (χ2v) is 9.21. The second-order valence-electron chi connectivity index (χ2n) is 7.61. The molecule has 3 rings (SSSR count). The monoisotopic (exact) mass is 418 g/mol. The molecule has 9 heteroatoms. The van der Waals surface area contributed by atoms with E-state index < -0.39 is 39.5 Å². The lowest BCUT2D eigenvalue weighted by Gasteiger charge is -2.42. The van der Waals surface area contributed by atoms with Crippen molar-refractivity contribution in [1.82, 2.24) is 4.57 Å². The van der Waals surface area contributed by atoms with Crippen LogP contribution in [-0.4, -0.2) is 36.1 Å². The number of pyridine rings is 1. The first-order valence-electron chi connectivity index (χ1n) is 8.94. The number of rotatable bonds is 4. The van der Waals surface area contributed by atoms with Crippen molar-refractivity contribution in [2.24, 2.45) is 0 Å². The maximum Gasteiger partial charge on any atom is 0.264 e. The summed E-state index contributed by atoms with van der Waals surface area (Å²) in [6.45, 7) is 4.96. The van der Waals surface area contributed by atoms with Gasteiger partial charge in [-0.3, -0.25) is 8.98 Å². The topological polar surface area (TPSA) is 119 Å². The summed E-state index contributed by atoms with van der Waals surface area (Å²) in [6, 6.07) is 8.96. The molecule has 8 nitrogen and oxygen atoms in total. The third-order valence-corrected chi connectivity index (χ3v) is 5.54. The standard InChI is InChI=1S/C20H22N2O6S/c1-12(28-29(4,25)26)14-7-8-22(17(23)10-14)18-15-9-13(11-21)5-6-16(15)27-20(2,3)19(18)24/h5-10,12,18-19,24H,1-4H3/t12?,18-,19+/m1/s1. The van der Waals surface area contributed by atoms with Gasteiger partial charge in [0.2, 0.25) is 0 Å². The number of ether oxygens (including phenoxy) is 1. The average molecular weight is 418 g/mol. The molecule has 0 saturated heterocycles. The minimum absolute atomic E-state index is 0.379. The predicted molar refractivity (Wildman–Crippen MR) is 105 cm³/mol. The molecule has 154 valence electrons. The minimum atomic E-state index is -3.68. The first-order chi connectivity index (χ1) is 13.4. The molecule has 0 amide bonds. The van der Waals surface area contributed by atoms with E-state index in [1.54, 1.807) is 38.1 Å². The van der Waals surface area contributed by atoms with E-state index in [0.29, 0.717) is 22.4 Å². The molecule has 0 aliphatic carbocycles. The Hall–Kier alpha value is -2.67. The lowest BCUT2D eigenvalue weighted by atomic mass is 9.85. The van der Waals surface area contributed by atoms with Gasteiger partial charge in [-0.15, -0.1) is 0 Å². The number of fused-ring (bicyclic) bond motifs is 1. The van der Waals surface area contributed by atoms with Crippen LogP contribution in [0.3, 0.4) is 0 Å². The van der Waals surface area contributed by atoms with Crippen LogP contribution in [0.4, 0.5) is 0 Å². The van der Waals surface area contributed by atoms with E-state index in [4.69, 9.17) is 8.92 Å². The lowest BCUT2D eigenvalue weighted by Crippen LogP contribution is -2.52. The zero-order chi connectivity index (χ0) is 21.6. The highest BCUT2D eigenvalue weighted by Crippen LogP contribution is 2.41. The average Bonchev–Trinajstić information content (AvgIpc) is 2.61. The van der Waals surface area contributed by atoms with Crippen molar-refractivity contribution in [3.05, 3.63) is 63.6 Å². The van der Waals surface area contributed by atoms with Gasteiger partial charge in [-0.05, 0) is 50.6 Å². The Labute approximate surface area is 169 Å². The number of nitrogens with zero attached hydrogens (tertiary/aromatic N) is 2. The van der Waals surface area contributed by atoms with Gasteiger partial charge in [-0.2, -0.15) is 13.7 Å². The van der Waals surface area contributed by atoms with Crippen LogP contribution in [0.25, 0.3) is 0 Å². The lowest BCUT2D eigenvalue weighted by molar-refractivity contribution is -0.0643. The van der Waals surface area contributed by atoms with Gasteiger partial charge in [0.1, 0.15) is 17.5 Å². The Morgan fingerprint density at radius 2 is 2.00 bits per heavy atom. The number of aliphatic hydroxyl groups is 1. The summed E-state index contributed by atoms with van der Waals surface area (Å²) in [5, 5.41) is 20.2. The normalized spacial score (nSPS) is 21.5. The van der Waals surface area contributed by atoms with Crippen molar-refractivity contribution in [2.75, 3.05) is 6.26 Å². The Morgan fingerprint density at radius 1 is 1.31 bits per heavy atom. The van der Waals surface area contributed by atoms with Crippen molar-refractivity contribution < 1.29 is 22.4 Å². The van der Waals surface area contributed by atoms with Crippen LogP contribution in [-0.2, 0) is 14.3 Å². The van der Waals surface area contributed by atoms with E-state index in [9.17, 15) is 23.6 Å². The Bertz CT molecular complexity index is 1150. The molecule has 2 heterocycles. The number of hydrogen-bond acceptors (Lipinski definition) is 7. The number of aliphatic hydroxyl groups excluding tert-OH is 1. The van der Waals surface area contributed by atoms with E-state index >= 15 is 0 Å². The van der Waals surface area contributed by atoms with Crippen LogP contribution < -0.4 is 10.3 Å². The molecule has 29 heavy (non-hydrogen) atoms. The highest BCUT2D eigenvalue weighted by atomic mass is 32.2. The van der Waals surface area contributed by atoms with Crippen molar-refractivity contribution >= 4 is 10.1 Å². The second kappa shape index (κ2) is 7.30. The van der Waals surface area contributed by atoms with Crippen LogP contribution in [0.15, 0.2) is 41.3 Å². The van der Waals surface area contributed by atoms with E-state index in [0.717, 1.165) is 6.26 Å². The van der Waals surface area contributed by atoms with Crippen molar-refractivity contribution in [2.45, 2.75) is 44.6 Å². The van der Waals surface area contributed by atoms with Gasteiger partial charge < -0.3 is 14.4 Å². The molecule has 1 N–H and O–H groups in total. The molecule has 0 radical (unpaired) electrons.